The van der Waals surface area contributed by atoms with E-state index in [2.05, 4.69) is 6.92 Å². The molecule has 0 amide bonds. The van der Waals surface area contributed by atoms with E-state index in [0.29, 0.717) is 17.6 Å². The van der Waals surface area contributed by atoms with Gasteiger partial charge in [0.2, 0.25) is 0 Å². The van der Waals surface area contributed by atoms with Crippen molar-refractivity contribution < 1.29 is 17.9 Å². The minimum atomic E-state index is -4.12. The van der Waals surface area contributed by atoms with E-state index in [0.717, 1.165) is 18.4 Å². The Hall–Kier alpha value is -1.03. The van der Waals surface area contributed by atoms with E-state index < -0.39 is 12.6 Å². The van der Waals surface area contributed by atoms with Gasteiger partial charge in [0.05, 0.1) is 12.5 Å². The van der Waals surface area contributed by atoms with Gasteiger partial charge in [-0.1, -0.05) is 24.3 Å². The molecule has 1 aromatic rings. The van der Waals surface area contributed by atoms with Gasteiger partial charge in [-0.25, -0.2) is 0 Å². The number of rotatable bonds is 5. The van der Waals surface area contributed by atoms with Crippen molar-refractivity contribution in [3.8, 4) is 0 Å². The Bertz CT molecular complexity index is 536. The quantitative estimate of drug-likeness (QED) is 0.564. The summed E-state index contributed by atoms with van der Waals surface area (Å²) in [5.74, 6) is 2.20. The third kappa shape index (κ3) is 5.48. The second-order valence-electron chi connectivity index (χ2n) is 8.14. The Kier molecular flexibility index (Phi) is 6.65. The number of benzene rings is 1. The molecule has 146 valence electrons. The van der Waals surface area contributed by atoms with Gasteiger partial charge in [0.25, 0.3) is 0 Å². The van der Waals surface area contributed by atoms with Crippen molar-refractivity contribution >= 4 is 0 Å². The minimum absolute atomic E-state index is 0.362. The number of hydrogen-bond acceptors (Lipinski definition) is 1. The molecule has 0 aromatic heterocycles. The molecule has 0 radical (unpaired) electrons. The molecule has 0 saturated heterocycles. The second kappa shape index (κ2) is 8.77. The van der Waals surface area contributed by atoms with Crippen LogP contribution in [0.15, 0.2) is 24.3 Å². The molecule has 2 aliphatic rings. The molecule has 2 fully saturated rings. The highest BCUT2D eigenvalue weighted by molar-refractivity contribution is 5.26. The number of ether oxygens (including phenoxy) is 1. The van der Waals surface area contributed by atoms with E-state index in [1.165, 1.54) is 56.9 Å². The summed E-state index contributed by atoms with van der Waals surface area (Å²) >= 11 is 0. The molecule has 0 unspecified atom stereocenters. The molecule has 4 heteroatoms. The summed E-state index contributed by atoms with van der Waals surface area (Å²) in [5.41, 5.74) is 1.58. The molecule has 1 nitrogen and oxygen atoms in total. The van der Waals surface area contributed by atoms with Crippen LogP contribution in [0.1, 0.15) is 75.3 Å². The zero-order chi connectivity index (χ0) is 18.6. The fourth-order valence-corrected chi connectivity index (χ4v) is 5.03. The minimum Gasteiger partial charge on any atom is -0.379 e. The molecule has 1 aromatic carbocycles. The van der Waals surface area contributed by atoms with E-state index >= 15 is 0 Å². The molecule has 0 N–H and O–H groups in total. The average molecular weight is 368 g/mol. The predicted molar refractivity (Wildman–Crippen MR) is 98.3 cm³/mol. The first-order chi connectivity index (χ1) is 12.4. The summed E-state index contributed by atoms with van der Waals surface area (Å²) in [5, 5.41) is 0. The molecular weight excluding hydrogens is 337 g/mol. The highest BCUT2D eigenvalue weighted by atomic mass is 19.4. The standard InChI is InChI=1S/C22H31F3O/c1-2-26-21-13-11-20(12-14-21)19-9-7-18(8-10-19)17-5-3-16(4-6-17)15-22(23,24)25/h3-6,18-21H,2,7-15H2,1H3. The molecule has 0 heterocycles. The Morgan fingerprint density at radius 3 is 1.88 bits per heavy atom. The van der Waals surface area contributed by atoms with Crippen LogP contribution in [0.25, 0.3) is 0 Å². The highest BCUT2D eigenvalue weighted by Gasteiger charge is 2.32. The van der Waals surface area contributed by atoms with E-state index in [1.807, 2.05) is 12.1 Å². The van der Waals surface area contributed by atoms with Crippen molar-refractivity contribution in [1.29, 1.82) is 0 Å². The molecular formula is C22H31F3O. The molecule has 2 aliphatic carbocycles. The Labute approximate surface area is 155 Å². The molecule has 0 bridgehead atoms. The summed E-state index contributed by atoms with van der Waals surface area (Å²) in [6.07, 6.45) is 5.41. The Balaban J connectivity index is 1.46. The highest BCUT2D eigenvalue weighted by Crippen LogP contribution is 2.43. The van der Waals surface area contributed by atoms with Crippen molar-refractivity contribution in [1.82, 2.24) is 0 Å². The third-order valence-electron chi connectivity index (χ3n) is 6.42. The summed E-state index contributed by atoms with van der Waals surface area (Å²) in [4.78, 5) is 0. The zero-order valence-electron chi connectivity index (χ0n) is 15.7. The van der Waals surface area contributed by atoms with Crippen molar-refractivity contribution in [2.45, 2.75) is 82.9 Å². The summed E-state index contributed by atoms with van der Waals surface area (Å²) < 4.78 is 43.2. The lowest BCUT2D eigenvalue weighted by molar-refractivity contribution is -0.127. The lowest BCUT2D eigenvalue weighted by atomic mass is 9.69. The van der Waals surface area contributed by atoms with Crippen LogP contribution < -0.4 is 0 Å². The van der Waals surface area contributed by atoms with Crippen LogP contribution in [-0.2, 0) is 11.2 Å². The van der Waals surface area contributed by atoms with Gasteiger partial charge in [0, 0.05) is 6.61 Å². The van der Waals surface area contributed by atoms with Crippen molar-refractivity contribution in [2.75, 3.05) is 6.61 Å². The molecule has 0 atom stereocenters. The van der Waals surface area contributed by atoms with Gasteiger partial charge in [0.1, 0.15) is 0 Å². The van der Waals surface area contributed by atoms with E-state index in [1.54, 1.807) is 12.1 Å². The maximum absolute atomic E-state index is 12.5. The van der Waals surface area contributed by atoms with Crippen LogP contribution >= 0.6 is 0 Å². The van der Waals surface area contributed by atoms with Crippen LogP contribution in [0.4, 0.5) is 13.2 Å². The Morgan fingerprint density at radius 2 is 1.38 bits per heavy atom. The van der Waals surface area contributed by atoms with Gasteiger partial charge in [0.15, 0.2) is 0 Å². The normalized spacial score (nSPS) is 30.3. The zero-order valence-corrected chi connectivity index (χ0v) is 15.7. The summed E-state index contributed by atoms with van der Waals surface area (Å²) in [7, 11) is 0. The predicted octanol–water partition coefficient (Wildman–Crippen LogP) is 6.66. The van der Waals surface area contributed by atoms with E-state index in [-0.39, 0.29) is 0 Å². The lowest BCUT2D eigenvalue weighted by Gasteiger charge is -2.38. The van der Waals surface area contributed by atoms with E-state index in [9.17, 15) is 13.2 Å². The largest absolute Gasteiger partial charge is 0.393 e. The van der Waals surface area contributed by atoms with Crippen LogP contribution in [-0.4, -0.2) is 18.9 Å². The van der Waals surface area contributed by atoms with Crippen molar-refractivity contribution in [3.63, 3.8) is 0 Å². The van der Waals surface area contributed by atoms with Gasteiger partial charge in [-0.3, -0.25) is 0 Å². The first-order valence-electron chi connectivity index (χ1n) is 10.2. The fraction of sp³-hybridized carbons (Fsp3) is 0.727. The number of hydrogen-bond donors (Lipinski definition) is 0. The van der Waals surface area contributed by atoms with Crippen LogP contribution in [0.3, 0.4) is 0 Å². The lowest BCUT2D eigenvalue weighted by Crippen LogP contribution is -2.28. The molecule has 0 aliphatic heterocycles. The molecule has 0 spiro atoms. The van der Waals surface area contributed by atoms with Gasteiger partial charge in [-0.15, -0.1) is 0 Å². The van der Waals surface area contributed by atoms with Crippen molar-refractivity contribution in [2.24, 2.45) is 11.8 Å². The van der Waals surface area contributed by atoms with Gasteiger partial charge in [-0.05, 0) is 87.2 Å². The SMILES string of the molecule is CCOC1CCC(C2CCC(c3ccc(CC(F)(F)F)cc3)CC2)CC1. The molecule has 26 heavy (non-hydrogen) atoms. The Morgan fingerprint density at radius 1 is 0.846 bits per heavy atom. The summed E-state index contributed by atoms with van der Waals surface area (Å²) in [6.45, 7) is 2.89. The number of alkyl halides is 3. The first kappa shape index (κ1) is 19.7. The molecule has 3 rings (SSSR count). The topological polar surface area (TPSA) is 9.23 Å². The number of halogens is 3. The monoisotopic (exact) mass is 368 g/mol. The van der Waals surface area contributed by atoms with Gasteiger partial charge < -0.3 is 4.74 Å². The van der Waals surface area contributed by atoms with E-state index in [4.69, 9.17) is 4.74 Å². The first-order valence-corrected chi connectivity index (χ1v) is 10.2. The van der Waals surface area contributed by atoms with Crippen LogP contribution in [0.5, 0.6) is 0 Å². The fourth-order valence-electron chi connectivity index (χ4n) is 5.03. The third-order valence-corrected chi connectivity index (χ3v) is 6.42. The summed E-state index contributed by atoms with van der Waals surface area (Å²) in [6, 6.07) is 7.15. The van der Waals surface area contributed by atoms with Gasteiger partial charge >= 0.3 is 6.18 Å². The maximum atomic E-state index is 12.5. The van der Waals surface area contributed by atoms with Crippen LogP contribution in [0.2, 0.25) is 0 Å². The second-order valence-corrected chi connectivity index (χ2v) is 8.14. The van der Waals surface area contributed by atoms with Crippen molar-refractivity contribution in [3.05, 3.63) is 35.4 Å². The molecule has 2 saturated carbocycles. The van der Waals surface area contributed by atoms with Gasteiger partial charge in [-0.2, -0.15) is 13.2 Å². The maximum Gasteiger partial charge on any atom is 0.393 e. The average Bonchev–Trinajstić information content (AvgIpc) is 2.62. The smallest absolute Gasteiger partial charge is 0.379 e. The van der Waals surface area contributed by atoms with Crippen LogP contribution in [0, 0.1) is 11.8 Å².